The van der Waals surface area contributed by atoms with Gasteiger partial charge in [-0.2, -0.15) is 5.10 Å². The Balaban J connectivity index is 1.91. The molecular formula is C11H16N4S. The van der Waals surface area contributed by atoms with Gasteiger partial charge in [-0.05, 0) is 13.8 Å². The van der Waals surface area contributed by atoms with Gasteiger partial charge >= 0.3 is 0 Å². The van der Waals surface area contributed by atoms with Crippen LogP contribution in [0.2, 0.25) is 0 Å². The van der Waals surface area contributed by atoms with Crippen molar-refractivity contribution in [3.63, 3.8) is 0 Å². The molecule has 0 saturated carbocycles. The van der Waals surface area contributed by atoms with Crippen LogP contribution in [0, 0.1) is 6.92 Å². The second-order valence-corrected chi connectivity index (χ2v) is 5.20. The maximum Gasteiger partial charge on any atom is 0.109 e. The largest absolute Gasteiger partial charge is 0.304 e. The smallest absolute Gasteiger partial charge is 0.109 e. The molecular weight excluding hydrogens is 220 g/mol. The fourth-order valence-electron chi connectivity index (χ4n) is 1.49. The summed E-state index contributed by atoms with van der Waals surface area (Å²) in [5.74, 6) is 0. The van der Waals surface area contributed by atoms with Gasteiger partial charge in [0, 0.05) is 36.4 Å². The Bertz CT molecular complexity index is 460. The van der Waals surface area contributed by atoms with Gasteiger partial charge < -0.3 is 5.32 Å². The molecule has 0 saturated heterocycles. The van der Waals surface area contributed by atoms with Crippen LogP contribution in [0.3, 0.4) is 0 Å². The van der Waals surface area contributed by atoms with Crippen LogP contribution < -0.4 is 5.32 Å². The van der Waals surface area contributed by atoms with Crippen molar-refractivity contribution in [2.45, 2.75) is 26.4 Å². The predicted molar refractivity (Wildman–Crippen MR) is 65.3 cm³/mol. The summed E-state index contributed by atoms with van der Waals surface area (Å²) in [6.45, 7) is 5.04. The summed E-state index contributed by atoms with van der Waals surface area (Å²) in [7, 11) is 1.93. The van der Waals surface area contributed by atoms with E-state index in [1.165, 1.54) is 10.4 Å². The van der Waals surface area contributed by atoms with Crippen molar-refractivity contribution in [3.8, 4) is 0 Å². The van der Waals surface area contributed by atoms with E-state index in [9.17, 15) is 0 Å². The number of aryl methyl sites for hydroxylation is 2. The molecule has 2 heterocycles. The van der Waals surface area contributed by atoms with Crippen LogP contribution in [-0.4, -0.2) is 14.8 Å². The highest BCUT2D eigenvalue weighted by Gasteiger charge is 2.08. The normalized spacial score (nSPS) is 12.9. The zero-order valence-electron chi connectivity index (χ0n) is 9.77. The molecule has 0 bridgehead atoms. The molecule has 4 nitrogen and oxygen atoms in total. The van der Waals surface area contributed by atoms with E-state index < -0.39 is 0 Å². The van der Waals surface area contributed by atoms with Crippen LogP contribution in [0.4, 0.5) is 0 Å². The molecule has 2 rings (SSSR count). The van der Waals surface area contributed by atoms with Crippen molar-refractivity contribution in [2.75, 3.05) is 0 Å². The summed E-state index contributed by atoms with van der Waals surface area (Å²) in [5.41, 5.74) is 1.20. The minimum Gasteiger partial charge on any atom is -0.304 e. The molecule has 0 aliphatic rings. The molecule has 2 aromatic rings. The lowest BCUT2D eigenvalue weighted by molar-refractivity contribution is 0.571. The third kappa shape index (κ3) is 2.68. The van der Waals surface area contributed by atoms with Crippen molar-refractivity contribution < 1.29 is 0 Å². The number of aromatic nitrogens is 3. The summed E-state index contributed by atoms with van der Waals surface area (Å²) in [6, 6.07) is 0.291. The Labute approximate surface area is 99.3 Å². The number of thiazole rings is 1. The van der Waals surface area contributed by atoms with Crippen LogP contribution in [0.5, 0.6) is 0 Å². The molecule has 86 valence electrons. The number of nitrogens with zero attached hydrogens (tertiary/aromatic N) is 3. The lowest BCUT2D eigenvalue weighted by Gasteiger charge is -2.09. The fraction of sp³-hybridized carbons (Fsp3) is 0.455. The summed E-state index contributed by atoms with van der Waals surface area (Å²) in [5, 5.41) is 8.71. The molecule has 0 amide bonds. The van der Waals surface area contributed by atoms with Gasteiger partial charge in [0.15, 0.2) is 0 Å². The molecule has 16 heavy (non-hydrogen) atoms. The molecule has 0 fully saturated rings. The third-order valence-electron chi connectivity index (χ3n) is 2.38. The number of hydrogen-bond donors (Lipinski definition) is 1. The van der Waals surface area contributed by atoms with E-state index >= 15 is 0 Å². The van der Waals surface area contributed by atoms with Gasteiger partial charge in [-0.1, -0.05) is 0 Å². The highest BCUT2D eigenvalue weighted by Crippen LogP contribution is 2.19. The van der Waals surface area contributed by atoms with Gasteiger partial charge in [-0.15, -0.1) is 11.3 Å². The van der Waals surface area contributed by atoms with Crippen molar-refractivity contribution in [3.05, 3.63) is 34.0 Å². The van der Waals surface area contributed by atoms with Crippen LogP contribution in [0.25, 0.3) is 0 Å². The molecule has 0 aliphatic carbocycles. The third-order valence-corrected chi connectivity index (χ3v) is 3.48. The molecule has 0 aliphatic heterocycles. The molecule has 5 heteroatoms. The summed E-state index contributed by atoms with van der Waals surface area (Å²) >= 11 is 1.74. The Morgan fingerprint density at radius 1 is 1.50 bits per heavy atom. The maximum absolute atomic E-state index is 4.37. The molecule has 1 unspecified atom stereocenters. The first kappa shape index (κ1) is 11.3. The van der Waals surface area contributed by atoms with Crippen LogP contribution in [0.15, 0.2) is 18.6 Å². The van der Waals surface area contributed by atoms with E-state index in [-0.39, 0.29) is 0 Å². The van der Waals surface area contributed by atoms with Crippen LogP contribution in [-0.2, 0) is 13.6 Å². The number of hydrogen-bond acceptors (Lipinski definition) is 4. The highest BCUT2D eigenvalue weighted by atomic mass is 32.1. The number of rotatable bonds is 4. The van der Waals surface area contributed by atoms with Crippen LogP contribution in [0.1, 0.15) is 28.4 Å². The van der Waals surface area contributed by atoms with Gasteiger partial charge in [0.2, 0.25) is 0 Å². The SMILES string of the molecule is Cc1cnc(C(C)NCc2cnn(C)c2)s1. The zero-order valence-corrected chi connectivity index (χ0v) is 10.6. The van der Waals surface area contributed by atoms with Gasteiger partial charge in [-0.25, -0.2) is 4.98 Å². The van der Waals surface area contributed by atoms with Crippen molar-refractivity contribution >= 4 is 11.3 Å². The summed E-state index contributed by atoms with van der Waals surface area (Å²) in [6.07, 6.45) is 5.82. The van der Waals surface area contributed by atoms with E-state index in [2.05, 4.69) is 29.2 Å². The van der Waals surface area contributed by atoms with E-state index in [1.807, 2.05) is 30.3 Å². The quantitative estimate of drug-likeness (QED) is 0.883. The van der Waals surface area contributed by atoms with Crippen molar-refractivity contribution in [1.82, 2.24) is 20.1 Å². The molecule has 1 N–H and O–H groups in total. The minimum atomic E-state index is 0.291. The second-order valence-electron chi connectivity index (χ2n) is 3.93. The van der Waals surface area contributed by atoms with E-state index in [4.69, 9.17) is 0 Å². The topological polar surface area (TPSA) is 42.7 Å². The summed E-state index contributed by atoms with van der Waals surface area (Å²) < 4.78 is 1.81. The molecule has 0 spiro atoms. The first-order valence-electron chi connectivity index (χ1n) is 5.28. The van der Waals surface area contributed by atoms with Gasteiger partial charge in [0.25, 0.3) is 0 Å². The Morgan fingerprint density at radius 2 is 2.31 bits per heavy atom. The monoisotopic (exact) mass is 236 g/mol. The average Bonchev–Trinajstić information content (AvgIpc) is 2.84. The van der Waals surface area contributed by atoms with Crippen molar-refractivity contribution in [1.29, 1.82) is 0 Å². The molecule has 0 radical (unpaired) electrons. The van der Waals surface area contributed by atoms with Gasteiger partial charge in [0.1, 0.15) is 5.01 Å². The first-order chi connectivity index (χ1) is 7.65. The van der Waals surface area contributed by atoms with E-state index in [0.717, 1.165) is 11.6 Å². The number of nitrogens with one attached hydrogen (secondary N) is 1. The van der Waals surface area contributed by atoms with Gasteiger partial charge in [0.05, 0.1) is 12.2 Å². The average molecular weight is 236 g/mol. The Hall–Kier alpha value is -1.20. The Kier molecular flexibility index (Phi) is 3.36. The summed E-state index contributed by atoms with van der Waals surface area (Å²) in [4.78, 5) is 5.62. The van der Waals surface area contributed by atoms with E-state index in [1.54, 1.807) is 11.3 Å². The molecule has 0 aromatic carbocycles. The lowest BCUT2D eigenvalue weighted by Crippen LogP contribution is -2.17. The zero-order chi connectivity index (χ0) is 11.5. The minimum absolute atomic E-state index is 0.291. The first-order valence-corrected chi connectivity index (χ1v) is 6.10. The van der Waals surface area contributed by atoms with Crippen LogP contribution >= 0.6 is 11.3 Å². The Morgan fingerprint density at radius 3 is 2.88 bits per heavy atom. The standard InChI is InChI=1S/C11H16N4S/c1-8-4-13-11(16-8)9(2)12-5-10-6-14-15(3)7-10/h4,6-7,9,12H,5H2,1-3H3. The molecule has 1 atom stereocenters. The predicted octanol–water partition coefficient (Wildman–Crippen LogP) is 2.04. The lowest BCUT2D eigenvalue weighted by atomic mass is 10.3. The molecule has 2 aromatic heterocycles. The maximum atomic E-state index is 4.37. The van der Waals surface area contributed by atoms with E-state index in [0.29, 0.717) is 6.04 Å². The van der Waals surface area contributed by atoms with Gasteiger partial charge in [-0.3, -0.25) is 4.68 Å². The second kappa shape index (κ2) is 4.76. The van der Waals surface area contributed by atoms with Crippen molar-refractivity contribution in [2.24, 2.45) is 7.05 Å². The fourth-order valence-corrected chi connectivity index (χ4v) is 2.29. The highest BCUT2D eigenvalue weighted by molar-refractivity contribution is 7.11.